The molecule has 3 N–H and O–H groups in total. The van der Waals surface area contributed by atoms with Gasteiger partial charge in [0.05, 0.1) is 4.92 Å². The highest BCUT2D eigenvalue weighted by Gasteiger charge is 2.34. The number of nitro groups is 1. The SMILES string of the molecule is CC(C)CN(C1CCN(C(=O)[C@@H](Cc2ccc(Cl)cc2)NC(=O)C[C@H](N)c2ccccc2[N+](=O)[O-])CC1)N1CCN(C)CC1. The average Bonchev–Trinajstić information content (AvgIpc) is 3.00. The van der Waals surface area contributed by atoms with Crippen LogP contribution in [-0.2, 0) is 16.0 Å². The molecule has 0 saturated carbocycles. The van der Waals surface area contributed by atoms with E-state index in [9.17, 15) is 19.7 Å². The topological polar surface area (TPSA) is 128 Å². The van der Waals surface area contributed by atoms with Crippen molar-refractivity contribution in [3.05, 3.63) is 74.8 Å². The number of likely N-dealkylation sites (tertiary alicyclic amines) is 1. The number of amides is 2. The van der Waals surface area contributed by atoms with Crippen LogP contribution in [0.2, 0.25) is 5.02 Å². The molecule has 0 spiro atoms. The number of halogens is 1. The van der Waals surface area contributed by atoms with Crippen LogP contribution in [0.15, 0.2) is 48.5 Å². The average molecular weight is 628 g/mol. The number of nitrogens with two attached hydrogens (primary N) is 1. The summed E-state index contributed by atoms with van der Waals surface area (Å²) in [6.07, 6.45) is 1.82. The molecule has 2 heterocycles. The molecule has 0 unspecified atom stereocenters. The second kappa shape index (κ2) is 15.8. The van der Waals surface area contributed by atoms with Gasteiger partial charge in [-0.3, -0.25) is 19.7 Å². The molecule has 4 rings (SSSR count). The van der Waals surface area contributed by atoms with Gasteiger partial charge < -0.3 is 20.9 Å². The zero-order valence-electron chi connectivity index (χ0n) is 26.0. The van der Waals surface area contributed by atoms with Gasteiger partial charge >= 0.3 is 0 Å². The molecule has 2 atom stereocenters. The number of benzene rings is 2. The highest BCUT2D eigenvalue weighted by atomic mass is 35.5. The van der Waals surface area contributed by atoms with E-state index >= 15 is 0 Å². The Labute approximate surface area is 265 Å². The number of piperazine rings is 1. The van der Waals surface area contributed by atoms with Crippen molar-refractivity contribution in [2.24, 2.45) is 11.7 Å². The highest BCUT2D eigenvalue weighted by molar-refractivity contribution is 6.30. The molecule has 2 aliphatic heterocycles. The highest BCUT2D eigenvalue weighted by Crippen LogP contribution is 2.26. The standard InChI is InChI=1S/C32H46ClN7O4/c1-23(2)22-39(38-18-16-36(3)17-19-38)26-12-14-37(15-13-26)32(42)29(20-24-8-10-25(33)11-9-24)35-31(41)21-28(34)27-6-4-5-7-30(27)40(43)44/h4-11,23,26,28-29H,12-22,34H2,1-3H3,(H,35,41)/t28-,29+/m0/s1. The first kappa shape index (κ1) is 33.8. The quantitative estimate of drug-likeness (QED) is 0.270. The fourth-order valence-corrected chi connectivity index (χ4v) is 6.24. The molecule has 240 valence electrons. The summed E-state index contributed by atoms with van der Waals surface area (Å²) in [4.78, 5) is 42.3. The van der Waals surface area contributed by atoms with Crippen molar-refractivity contribution < 1.29 is 14.5 Å². The Morgan fingerprint density at radius 3 is 2.30 bits per heavy atom. The van der Waals surface area contributed by atoms with Crippen LogP contribution in [-0.4, -0.2) is 101 Å². The zero-order valence-corrected chi connectivity index (χ0v) is 26.8. The van der Waals surface area contributed by atoms with Gasteiger partial charge in [0.2, 0.25) is 11.8 Å². The number of hydrogen-bond donors (Lipinski definition) is 2. The summed E-state index contributed by atoms with van der Waals surface area (Å²) in [5.74, 6) is -0.0472. The molecule has 2 amide bonds. The van der Waals surface area contributed by atoms with Gasteiger partial charge in [-0.15, -0.1) is 0 Å². The molecule has 0 aromatic heterocycles. The van der Waals surface area contributed by atoms with Crippen molar-refractivity contribution in [3.8, 4) is 0 Å². The molecular weight excluding hydrogens is 582 g/mol. The molecule has 0 radical (unpaired) electrons. The van der Waals surface area contributed by atoms with Crippen LogP contribution in [0.3, 0.4) is 0 Å². The van der Waals surface area contributed by atoms with E-state index in [1.807, 2.05) is 17.0 Å². The summed E-state index contributed by atoms with van der Waals surface area (Å²) < 4.78 is 0. The van der Waals surface area contributed by atoms with Crippen LogP contribution >= 0.6 is 11.6 Å². The fourth-order valence-electron chi connectivity index (χ4n) is 6.11. The van der Waals surface area contributed by atoms with Crippen LogP contribution in [0, 0.1) is 16.0 Å². The molecule has 2 aliphatic rings. The summed E-state index contributed by atoms with van der Waals surface area (Å²) in [5.41, 5.74) is 7.27. The normalized spacial score (nSPS) is 18.4. The summed E-state index contributed by atoms with van der Waals surface area (Å²) in [6.45, 7) is 10.8. The van der Waals surface area contributed by atoms with Gasteiger partial charge in [-0.2, -0.15) is 0 Å². The van der Waals surface area contributed by atoms with Crippen molar-refractivity contribution >= 4 is 29.1 Å². The number of nitro benzene ring substituents is 1. The number of piperidine rings is 1. The van der Waals surface area contributed by atoms with Crippen LogP contribution < -0.4 is 11.1 Å². The largest absolute Gasteiger partial charge is 0.344 e. The molecule has 0 bridgehead atoms. The lowest BCUT2D eigenvalue weighted by Crippen LogP contribution is -2.60. The third-order valence-corrected chi connectivity index (χ3v) is 8.77. The Hall–Kier alpha value is -3.09. The van der Waals surface area contributed by atoms with Crippen LogP contribution in [0.1, 0.15) is 50.3 Å². The molecule has 2 saturated heterocycles. The zero-order chi connectivity index (χ0) is 31.8. The van der Waals surface area contributed by atoms with Gasteiger partial charge in [0, 0.05) is 87.4 Å². The maximum absolute atomic E-state index is 13.9. The first-order valence-electron chi connectivity index (χ1n) is 15.5. The van der Waals surface area contributed by atoms with Crippen molar-refractivity contribution in [1.82, 2.24) is 25.1 Å². The predicted molar refractivity (Wildman–Crippen MR) is 172 cm³/mol. The Morgan fingerprint density at radius 2 is 1.68 bits per heavy atom. The second-order valence-electron chi connectivity index (χ2n) is 12.4. The van der Waals surface area contributed by atoms with Crippen LogP contribution in [0.5, 0.6) is 0 Å². The maximum Gasteiger partial charge on any atom is 0.274 e. The number of para-hydroxylation sites is 1. The molecular formula is C32H46ClN7O4. The lowest BCUT2D eigenvalue weighted by Gasteiger charge is -2.47. The minimum Gasteiger partial charge on any atom is -0.344 e. The smallest absolute Gasteiger partial charge is 0.274 e. The fraction of sp³-hybridized carbons (Fsp3) is 0.562. The number of carbonyl (C=O) groups excluding carboxylic acids is 2. The van der Waals surface area contributed by atoms with Gasteiger partial charge in [-0.1, -0.05) is 55.8 Å². The summed E-state index contributed by atoms with van der Waals surface area (Å²) in [6, 6.07) is 12.0. The number of carbonyl (C=O) groups is 2. The van der Waals surface area contributed by atoms with Crippen molar-refractivity contribution in [3.63, 3.8) is 0 Å². The Bertz CT molecular complexity index is 1260. The number of hydrazine groups is 1. The van der Waals surface area contributed by atoms with Crippen molar-refractivity contribution in [1.29, 1.82) is 0 Å². The number of nitrogens with one attached hydrogen (secondary N) is 1. The van der Waals surface area contributed by atoms with E-state index < -0.39 is 22.9 Å². The third-order valence-electron chi connectivity index (χ3n) is 8.52. The second-order valence-corrected chi connectivity index (χ2v) is 12.8. The molecule has 2 aromatic rings. The number of likely N-dealkylation sites (N-methyl/N-ethyl adjacent to an activating group) is 1. The first-order valence-corrected chi connectivity index (χ1v) is 15.9. The summed E-state index contributed by atoms with van der Waals surface area (Å²) in [5, 5.41) is 20.0. The Kier molecular flexibility index (Phi) is 12.1. The number of nitrogens with zero attached hydrogens (tertiary/aromatic N) is 5. The third kappa shape index (κ3) is 9.21. The number of rotatable bonds is 12. The van der Waals surface area contributed by atoms with Crippen molar-refractivity contribution in [2.75, 3.05) is 52.9 Å². The van der Waals surface area contributed by atoms with E-state index in [1.165, 1.54) is 6.07 Å². The first-order chi connectivity index (χ1) is 21.0. The van der Waals surface area contributed by atoms with E-state index in [2.05, 4.69) is 41.1 Å². The van der Waals surface area contributed by atoms with Crippen molar-refractivity contribution in [2.45, 2.75) is 57.7 Å². The van der Waals surface area contributed by atoms with Crippen LogP contribution in [0.25, 0.3) is 0 Å². The van der Waals surface area contributed by atoms with E-state index in [1.54, 1.807) is 30.3 Å². The summed E-state index contributed by atoms with van der Waals surface area (Å²) >= 11 is 6.08. The van der Waals surface area contributed by atoms with Gasteiger partial charge in [0.25, 0.3) is 5.69 Å². The van der Waals surface area contributed by atoms with Gasteiger partial charge in [0.15, 0.2) is 0 Å². The van der Waals surface area contributed by atoms with E-state index in [0.717, 1.165) is 51.1 Å². The molecule has 0 aliphatic carbocycles. The van der Waals surface area contributed by atoms with Gasteiger partial charge in [0.1, 0.15) is 6.04 Å². The Balaban J connectivity index is 1.43. The molecule has 12 heteroatoms. The van der Waals surface area contributed by atoms with Gasteiger partial charge in [-0.25, -0.2) is 10.0 Å². The maximum atomic E-state index is 13.9. The number of hydrogen-bond acceptors (Lipinski definition) is 8. The minimum atomic E-state index is -0.889. The monoisotopic (exact) mass is 627 g/mol. The lowest BCUT2D eigenvalue weighted by molar-refractivity contribution is -0.385. The predicted octanol–water partition coefficient (Wildman–Crippen LogP) is 3.48. The van der Waals surface area contributed by atoms with Gasteiger partial charge in [-0.05, 0) is 43.5 Å². The molecule has 2 aromatic carbocycles. The Morgan fingerprint density at radius 1 is 1.05 bits per heavy atom. The van der Waals surface area contributed by atoms with E-state index in [4.69, 9.17) is 17.3 Å². The molecule has 2 fully saturated rings. The van der Waals surface area contributed by atoms with E-state index in [-0.39, 0.29) is 23.6 Å². The molecule has 44 heavy (non-hydrogen) atoms. The van der Waals surface area contributed by atoms with Crippen LogP contribution in [0.4, 0.5) is 5.69 Å². The summed E-state index contributed by atoms with van der Waals surface area (Å²) in [7, 11) is 2.16. The minimum absolute atomic E-state index is 0.132. The lowest BCUT2D eigenvalue weighted by atomic mass is 9.99. The molecule has 11 nitrogen and oxygen atoms in total. The van der Waals surface area contributed by atoms with E-state index in [0.29, 0.717) is 36.5 Å².